The van der Waals surface area contributed by atoms with Gasteiger partial charge in [0, 0.05) is 10.2 Å². The highest BCUT2D eigenvalue weighted by atomic mass is 79.9. The summed E-state index contributed by atoms with van der Waals surface area (Å²) in [5, 5.41) is 23.8. The van der Waals surface area contributed by atoms with Crippen molar-refractivity contribution in [3.05, 3.63) is 100 Å². The lowest BCUT2D eigenvalue weighted by molar-refractivity contribution is -0.112. The van der Waals surface area contributed by atoms with Crippen LogP contribution in [0.3, 0.4) is 0 Å². The van der Waals surface area contributed by atoms with Crippen LogP contribution in [0.4, 0.5) is 5.69 Å². The second kappa shape index (κ2) is 10.8. The SMILES string of the molecule is COc1cc(/C=C(\C#N)C(=O)Nc2ccc(O)cc2)c(Br)cc1OCc1cccc2ccccc12. The number of hydrogen-bond acceptors (Lipinski definition) is 5. The number of hydrogen-bond donors (Lipinski definition) is 2. The molecule has 6 nitrogen and oxygen atoms in total. The lowest BCUT2D eigenvalue weighted by atomic mass is 10.1. The molecule has 2 N–H and O–H groups in total. The lowest BCUT2D eigenvalue weighted by Crippen LogP contribution is -2.13. The Morgan fingerprint density at radius 2 is 1.80 bits per heavy atom. The standard InChI is InChI=1S/C28H21BrN2O4/c1-34-26-14-20(13-21(16-30)28(33)31-22-9-11-23(32)12-10-22)25(29)15-27(26)35-17-19-7-4-6-18-5-2-3-8-24(18)19/h2-15,32H,17H2,1H3,(H,31,33)/b21-13+. The third-order valence-corrected chi connectivity index (χ3v) is 6.02. The Kier molecular flexibility index (Phi) is 7.34. The molecule has 0 atom stereocenters. The fourth-order valence-corrected chi connectivity index (χ4v) is 3.99. The molecule has 35 heavy (non-hydrogen) atoms. The van der Waals surface area contributed by atoms with Crippen LogP contribution in [0.1, 0.15) is 11.1 Å². The highest BCUT2D eigenvalue weighted by Gasteiger charge is 2.14. The van der Waals surface area contributed by atoms with Crippen LogP contribution in [0.15, 0.2) is 88.9 Å². The maximum absolute atomic E-state index is 12.6. The number of amides is 1. The first-order chi connectivity index (χ1) is 17.0. The van der Waals surface area contributed by atoms with Crippen LogP contribution >= 0.6 is 15.9 Å². The molecule has 0 aliphatic carbocycles. The fraction of sp³-hybridized carbons (Fsp3) is 0.0714. The summed E-state index contributed by atoms with van der Waals surface area (Å²) >= 11 is 3.51. The van der Waals surface area contributed by atoms with E-state index < -0.39 is 5.91 Å². The third kappa shape index (κ3) is 5.62. The van der Waals surface area contributed by atoms with Gasteiger partial charge in [-0.2, -0.15) is 5.26 Å². The number of carbonyl (C=O) groups excluding carboxylic acids is 1. The van der Waals surface area contributed by atoms with Gasteiger partial charge in [0.2, 0.25) is 0 Å². The number of benzene rings is 4. The Balaban J connectivity index is 1.56. The zero-order valence-electron chi connectivity index (χ0n) is 18.8. The van der Waals surface area contributed by atoms with Gasteiger partial charge in [-0.05, 0) is 64.4 Å². The zero-order chi connectivity index (χ0) is 24.8. The van der Waals surface area contributed by atoms with E-state index in [-0.39, 0.29) is 11.3 Å². The summed E-state index contributed by atoms with van der Waals surface area (Å²) < 4.78 is 12.2. The topological polar surface area (TPSA) is 91.6 Å². The number of nitrogens with one attached hydrogen (secondary N) is 1. The summed E-state index contributed by atoms with van der Waals surface area (Å²) in [6.45, 7) is 0.345. The molecule has 0 saturated heterocycles. The Hall–Kier alpha value is -4.28. The van der Waals surface area contributed by atoms with Crippen molar-refractivity contribution in [2.24, 2.45) is 0 Å². The molecule has 0 spiro atoms. The number of fused-ring (bicyclic) bond motifs is 1. The number of carbonyl (C=O) groups is 1. The van der Waals surface area contributed by atoms with Gasteiger partial charge in [-0.15, -0.1) is 0 Å². The average molecular weight is 529 g/mol. The van der Waals surface area contributed by atoms with Crippen molar-refractivity contribution in [2.75, 3.05) is 12.4 Å². The van der Waals surface area contributed by atoms with Gasteiger partial charge in [-0.3, -0.25) is 4.79 Å². The number of anilines is 1. The molecule has 4 rings (SSSR count). The number of aromatic hydroxyl groups is 1. The van der Waals surface area contributed by atoms with Gasteiger partial charge in [0.05, 0.1) is 7.11 Å². The number of nitrogens with zero attached hydrogens (tertiary/aromatic N) is 1. The van der Waals surface area contributed by atoms with Crippen molar-refractivity contribution < 1.29 is 19.4 Å². The monoisotopic (exact) mass is 528 g/mol. The van der Waals surface area contributed by atoms with E-state index in [0.717, 1.165) is 16.3 Å². The van der Waals surface area contributed by atoms with E-state index in [2.05, 4.69) is 39.4 Å². The van der Waals surface area contributed by atoms with Crippen LogP contribution in [0.5, 0.6) is 17.2 Å². The maximum Gasteiger partial charge on any atom is 0.266 e. The van der Waals surface area contributed by atoms with Gasteiger partial charge in [0.1, 0.15) is 24.0 Å². The second-order valence-electron chi connectivity index (χ2n) is 7.62. The zero-order valence-corrected chi connectivity index (χ0v) is 20.4. The van der Waals surface area contributed by atoms with Crippen LogP contribution in [0, 0.1) is 11.3 Å². The van der Waals surface area contributed by atoms with Crippen LogP contribution in [0.25, 0.3) is 16.8 Å². The Labute approximate surface area is 211 Å². The molecule has 0 saturated carbocycles. The average Bonchev–Trinajstić information content (AvgIpc) is 2.88. The number of methoxy groups -OCH3 is 1. The predicted octanol–water partition coefficient (Wildman–Crippen LogP) is 6.44. The van der Waals surface area contributed by atoms with E-state index >= 15 is 0 Å². The number of rotatable bonds is 7. The molecule has 0 radical (unpaired) electrons. The molecular weight excluding hydrogens is 508 g/mol. The van der Waals surface area contributed by atoms with E-state index in [1.54, 1.807) is 24.3 Å². The van der Waals surface area contributed by atoms with E-state index in [1.165, 1.54) is 25.3 Å². The summed E-state index contributed by atoms with van der Waals surface area (Å²) in [6, 6.07) is 25.6. The highest BCUT2D eigenvalue weighted by Crippen LogP contribution is 2.35. The third-order valence-electron chi connectivity index (χ3n) is 5.34. The van der Waals surface area contributed by atoms with Gasteiger partial charge in [0.15, 0.2) is 11.5 Å². The molecule has 0 aromatic heterocycles. The fourth-order valence-electron chi connectivity index (χ4n) is 3.55. The van der Waals surface area contributed by atoms with Crippen molar-refractivity contribution in [1.82, 2.24) is 0 Å². The maximum atomic E-state index is 12.6. The molecule has 1 amide bonds. The van der Waals surface area contributed by atoms with Crippen LogP contribution in [0.2, 0.25) is 0 Å². The number of halogens is 1. The van der Waals surface area contributed by atoms with Crippen LogP contribution < -0.4 is 14.8 Å². The van der Waals surface area contributed by atoms with E-state index in [9.17, 15) is 15.2 Å². The number of phenols is 1. The van der Waals surface area contributed by atoms with Crippen molar-refractivity contribution in [2.45, 2.75) is 6.61 Å². The number of ether oxygens (including phenoxy) is 2. The summed E-state index contributed by atoms with van der Waals surface area (Å²) in [5.74, 6) is 0.505. The molecule has 4 aromatic carbocycles. The van der Waals surface area contributed by atoms with Gasteiger partial charge in [-0.1, -0.05) is 58.4 Å². The molecule has 4 aromatic rings. The normalized spacial score (nSPS) is 11.1. The smallest absolute Gasteiger partial charge is 0.266 e. The molecule has 0 bridgehead atoms. The van der Waals surface area contributed by atoms with Crippen LogP contribution in [-0.4, -0.2) is 18.1 Å². The molecule has 7 heteroatoms. The minimum Gasteiger partial charge on any atom is -0.508 e. The minimum atomic E-state index is -0.569. The summed E-state index contributed by atoms with van der Waals surface area (Å²) in [7, 11) is 1.53. The molecule has 0 fully saturated rings. The first kappa shape index (κ1) is 23.9. The van der Waals surface area contributed by atoms with E-state index in [0.29, 0.717) is 33.8 Å². The number of phenolic OH excluding ortho intramolecular Hbond substituents is 1. The Morgan fingerprint density at radius 1 is 1.06 bits per heavy atom. The molecule has 174 valence electrons. The first-order valence-corrected chi connectivity index (χ1v) is 11.5. The van der Waals surface area contributed by atoms with Gasteiger partial charge in [0.25, 0.3) is 5.91 Å². The molecule has 0 heterocycles. The van der Waals surface area contributed by atoms with Crippen molar-refractivity contribution in [3.63, 3.8) is 0 Å². The summed E-state index contributed by atoms with van der Waals surface area (Å²) in [6.07, 6.45) is 1.47. The van der Waals surface area contributed by atoms with Gasteiger partial charge in [-0.25, -0.2) is 0 Å². The lowest BCUT2D eigenvalue weighted by Gasteiger charge is -2.14. The van der Waals surface area contributed by atoms with E-state index in [4.69, 9.17) is 9.47 Å². The largest absolute Gasteiger partial charge is 0.508 e. The summed E-state index contributed by atoms with van der Waals surface area (Å²) in [5.41, 5.74) is 1.99. The quantitative estimate of drug-likeness (QED) is 0.163. The Morgan fingerprint density at radius 3 is 2.54 bits per heavy atom. The minimum absolute atomic E-state index is 0.0813. The van der Waals surface area contributed by atoms with Gasteiger partial charge < -0.3 is 19.9 Å². The van der Waals surface area contributed by atoms with Crippen LogP contribution in [-0.2, 0) is 11.4 Å². The van der Waals surface area contributed by atoms with Gasteiger partial charge >= 0.3 is 0 Å². The van der Waals surface area contributed by atoms with Crippen molar-refractivity contribution in [1.29, 1.82) is 5.26 Å². The molecule has 0 unspecified atom stereocenters. The number of nitriles is 1. The first-order valence-electron chi connectivity index (χ1n) is 10.7. The second-order valence-corrected chi connectivity index (χ2v) is 8.48. The highest BCUT2D eigenvalue weighted by molar-refractivity contribution is 9.10. The van der Waals surface area contributed by atoms with E-state index in [1.807, 2.05) is 30.3 Å². The Bertz CT molecular complexity index is 1450. The molecular formula is C28H21BrN2O4. The van der Waals surface area contributed by atoms with Crippen molar-refractivity contribution in [3.8, 4) is 23.3 Å². The predicted molar refractivity (Wildman–Crippen MR) is 139 cm³/mol. The molecule has 0 aliphatic rings. The molecule has 0 aliphatic heterocycles. The summed E-state index contributed by atoms with van der Waals surface area (Å²) in [4.78, 5) is 12.6. The van der Waals surface area contributed by atoms with Crippen molar-refractivity contribution >= 4 is 44.4 Å².